The van der Waals surface area contributed by atoms with Crippen molar-refractivity contribution in [3.8, 4) is 0 Å². The van der Waals surface area contributed by atoms with Crippen LogP contribution in [0.4, 0.5) is 13.2 Å². The van der Waals surface area contributed by atoms with Gasteiger partial charge in [0, 0.05) is 0 Å². The Kier molecular flexibility index (Phi) is 4.15. The summed E-state index contributed by atoms with van der Waals surface area (Å²) < 4.78 is 36.2. The normalized spacial score (nSPS) is 22.0. The third-order valence-corrected chi connectivity index (χ3v) is 2.77. The Bertz CT molecular complexity index is 250. The van der Waals surface area contributed by atoms with Crippen molar-refractivity contribution in [2.75, 3.05) is 19.6 Å². The number of amides is 1. The third kappa shape index (κ3) is 3.97. The second kappa shape index (κ2) is 5.01. The molecule has 0 aromatic rings. The molecule has 16 heavy (non-hydrogen) atoms. The molecule has 0 aliphatic carbocycles. The van der Waals surface area contributed by atoms with Crippen LogP contribution in [0.2, 0.25) is 0 Å². The van der Waals surface area contributed by atoms with Gasteiger partial charge >= 0.3 is 6.18 Å². The molecule has 1 aliphatic heterocycles. The minimum absolute atomic E-state index is 0.231. The number of halogens is 3. The van der Waals surface area contributed by atoms with Crippen LogP contribution in [0.1, 0.15) is 12.8 Å². The van der Waals surface area contributed by atoms with Crippen LogP contribution in [0.5, 0.6) is 0 Å². The van der Waals surface area contributed by atoms with E-state index < -0.39 is 24.7 Å². The third-order valence-electron chi connectivity index (χ3n) is 2.77. The van der Waals surface area contributed by atoms with Crippen molar-refractivity contribution in [2.24, 2.45) is 11.7 Å². The van der Waals surface area contributed by atoms with Gasteiger partial charge < -0.3 is 10.8 Å². The molecule has 7 heteroatoms. The average molecular weight is 240 g/mol. The van der Waals surface area contributed by atoms with Crippen LogP contribution in [0, 0.1) is 5.92 Å². The first-order valence-electron chi connectivity index (χ1n) is 5.06. The fraction of sp³-hybridized carbons (Fsp3) is 0.889. The maximum Gasteiger partial charge on any atom is 0.401 e. The van der Waals surface area contributed by atoms with Crippen LogP contribution < -0.4 is 5.73 Å². The van der Waals surface area contributed by atoms with Crippen molar-refractivity contribution < 1.29 is 23.1 Å². The van der Waals surface area contributed by atoms with Gasteiger partial charge in [0.25, 0.3) is 0 Å². The summed E-state index contributed by atoms with van der Waals surface area (Å²) in [4.78, 5) is 12.0. The summed E-state index contributed by atoms with van der Waals surface area (Å²) in [7, 11) is 0. The molecular weight excluding hydrogens is 225 g/mol. The summed E-state index contributed by atoms with van der Waals surface area (Å²) in [6.07, 6.45) is -4.72. The average Bonchev–Trinajstić information content (AvgIpc) is 2.15. The van der Waals surface area contributed by atoms with Crippen molar-refractivity contribution >= 4 is 5.91 Å². The minimum Gasteiger partial charge on any atom is -0.383 e. The number of aliphatic hydroxyl groups excluding tert-OH is 1. The molecule has 0 aromatic carbocycles. The zero-order valence-corrected chi connectivity index (χ0v) is 8.70. The Morgan fingerprint density at radius 2 is 1.94 bits per heavy atom. The van der Waals surface area contributed by atoms with Crippen molar-refractivity contribution in [3.63, 3.8) is 0 Å². The van der Waals surface area contributed by atoms with E-state index >= 15 is 0 Å². The van der Waals surface area contributed by atoms with Crippen LogP contribution in [0.25, 0.3) is 0 Å². The predicted octanol–water partition coefficient (Wildman–Crippen LogP) is 0.107. The molecule has 0 bridgehead atoms. The number of piperidine rings is 1. The number of aliphatic hydroxyl groups is 1. The van der Waals surface area contributed by atoms with E-state index in [4.69, 9.17) is 5.73 Å². The van der Waals surface area contributed by atoms with Gasteiger partial charge in [0.1, 0.15) is 6.10 Å². The lowest BCUT2D eigenvalue weighted by Crippen LogP contribution is -2.45. The highest BCUT2D eigenvalue weighted by Crippen LogP contribution is 2.24. The molecule has 0 saturated carbocycles. The van der Waals surface area contributed by atoms with Crippen LogP contribution in [-0.2, 0) is 4.79 Å². The number of carbonyl (C=O) groups excluding carboxylic acids is 1. The van der Waals surface area contributed by atoms with Gasteiger partial charge in [0.15, 0.2) is 0 Å². The van der Waals surface area contributed by atoms with Gasteiger partial charge in [-0.15, -0.1) is 0 Å². The lowest BCUT2D eigenvalue weighted by molar-refractivity contribution is -0.151. The fourth-order valence-electron chi connectivity index (χ4n) is 1.91. The molecule has 1 saturated heterocycles. The summed E-state index contributed by atoms with van der Waals surface area (Å²) in [5, 5.41) is 9.35. The number of nitrogens with zero attached hydrogens (tertiary/aromatic N) is 1. The summed E-state index contributed by atoms with van der Waals surface area (Å²) in [6.45, 7) is -0.477. The highest BCUT2D eigenvalue weighted by atomic mass is 19.4. The molecule has 94 valence electrons. The number of alkyl halides is 3. The monoisotopic (exact) mass is 240 g/mol. The Balaban J connectivity index is 2.37. The quantitative estimate of drug-likeness (QED) is 0.735. The second-order valence-corrected chi connectivity index (χ2v) is 4.08. The molecule has 4 nitrogen and oxygen atoms in total. The highest BCUT2D eigenvalue weighted by Gasteiger charge is 2.34. The number of likely N-dealkylation sites (tertiary alicyclic amines) is 1. The van der Waals surface area contributed by atoms with Gasteiger partial charge in [-0.3, -0.25) is 9.69 Å². The topological polar surface area (TPSA) is 66.6 Å². The molecule has 1 heterocycles. The first-order chi connectivity index (χ1) is 7.29. The van der Waals surface area contributed by atoms with Gasteiger partial charge in [0.2, 0.25) is 5.91 Å². The molecule has 1 fully saturated rings. The fourth-order valence-corrected chi connectivity index (χ4v) is 1.91. The molecular formula is C9H15F3N2O2. The first-order valence-corrected chi connectivity index (χ1v) is 5.06. The molecule has 3 N–H and O–H groups in total. The van der Waals surface area contributed by atoms with E-state index in [-0.39, 0.29) is 19.0 Å². The smallest absolute Gasteiger partial charge is 0.383 e. The Labute approximate surface area is 91.2 Å². The lowest BCUT2D eigenvalue weighted by atomic mass is 9.91. The van der Waals surface area contributed by atoms with E-state index in [1.807, 2.05) is 0 Å². The second-order valence-electron chi connectivity index (χ2n) is 4.08. The van der Waals surface area contributed by atoms with Crippen LogP contribution >= 0.6 is 0 Å². The van der Waals surface area contributed by atoms with E-state index in [9.17, 15) is 23.1 Å². The van der Waals surface area contributed by atoms with Crippen molar-refractivity contribution in [2.45, 2.75) is 25.1 Å². The van der Waals surface area contributed by atoms with Gasteiger partial charge in [0.05, 0.1) is 6.54 Å². The summed E-state index contributed by atoms with van der Waals surface area (Å²) in [5.74, 6) is -1.13. The highest BCUT2D eigenvalue weighted by molar-refractivity contribution is 5.78. The Morgan fingerprint density at radius 1 is 1.44 bits per heavy atom. The molecule has 0 spiro atoms. The Morgan fingerprint density at radius 3 is 2.31 bits per heavy atom. The maximum absolute atomic E-state index is 12.1. The molecule has 0 radical (unpaired) electrons. The largest absolute Gasteiger partial charge is 0.401 e. The number of primary amides is 1. The van der Waals surface area contributed by atoms with E-state index in [0.717, 1.165) is 0 Å². The zero-order chi connectivity index (χ0) is 12.3. The molecule has 1 atom stereocenters. The van der Waals surface area contributed by atoms with Crippen LogP contribution in [0.15, 0.2) is 0 Å². The van der Waals surface area contributed by atoms with Gasteiger partial charge in [-0.1, -0.05) is 0 Å². The number of hydrogen-bond donors (Lipinski definition) is 2. The minimum atomic E-state index is -4.20. The van der Waals surface area contributed by atoms with Crippen molar-refractivity contribution in [3.05, 3.63) is 0 Å². The number of carbonyl (C=O) groups is 1. The molecule has 1 unspecified atom stereocenters. The SMILES string of the molecule is NC(=O)C(O)C1CCN(CC(F)(F)F)CC1. The van der Waals surface area contributed by atoms with Crippen molar-refractivity contribution in [1.29, 1.82) is 0 Å². The summed E-state index contributed by atoms with van der Waals surface area (Å²) in [5.41, 5.74) is 4.92. The first kappa shape index (κ1) is 13.2. The lowest BCUT2D eigenvalue weighted by Gasteiger charge is -2.33. The van der Waals surface area contributed by atoms with Gasteiger partial charge in [-0.05, 0) is 31.8 Å². The molecule has 1 aliphatic rings. The van der Waals surface area contributed by atoms with Gasteiger partial charge in [-0.25, -0.2) is 0 Å². The van der Waals surface area contributed by atoms with Crippen LogP contribution in [-0.4, -0.2) is 47.8 Å². The van der Waals surface area contributed by atoms with E-state index in [2.05, 4.69) is 0 Å². The van der Waals surface area contributed by atoms with E-state index in [1.165, 1.54) is 4.90 Å². The van der Waals surface area contributed by atoms with Gasteiger partial charge in [-0.2, -0.15) is 13.2 Å². The maximum atomic E-state index is 12.1. The zero-order valence-electron chi connectivity index (χ0n) is 8.70. The van der Waals surface area contributed by atoms with Crippen LogP contribution in [0.3, 0.4) is 0 Å². The standard InChI is InChI=1S/C9H15F3N2O2/c10-9(11,12)5-14-3-1-6(2-4-14)7(15)8(13)16/h6-7,15H,1-5H2,(H2,13,16). The number of nitrogens with two attached hydrogens (primary N) is 1. The van der Waals surface area contributed by atoms with Crippen molar-refractivity contribution in [1.82, 2.24) is 4.90 Å². The molecule has 0 aromatic heterocycles. The number of rotatable bonds is 3. The molecule has 1 amide bonds. The van der Waals surface area contributed by atoms with E-state index in [1.54, 1.807) is 0 Å². The summed E-state index contributed by atoms with van der Waals surface area (Å²) in [6, 6.07) is 0. The summed E-state index contributed by atoms with van der Waals surface area (Å²) >= 11 is 0. The Hall–Kier alpha value is -0.820. The number of hydrogen-bond acceptors (Lipinski definition) is 3. The molecule has 1 rings (SSSR count). The predicted molar refractivity (Wildman–Crippen MR) is 50.4 cm³/mol. The van der Waals surface area contributed by atoms with E-state index in [0.29, 0.717) is 12.8 Å².